The summed E-state index contributed by atoms with van der Waals surface area (Å²) < 4.78 is 69.6. The Morgan fingerprint density at radius 3 is 2.54 bits per heavy atom. The number of aromatic nitrogens is 5. The molecule has 0 bridgehead atoms. The summed E-state index contributed by atoms with van der Waals surface area (Å²) in [4.78, 5) is 14.0. The number of piperidine rings is 1. The number of likely N-dealkylation sites (tertiary alicyclic amines) is 1. The second-order valence-corrected chi connectivity index (χ2v) is 12.6. The van der Waals surface area contributed by atoms with Crippen LogP contribution in [-0.2, 0) is 42.3 Å². The Labute approximate surface area is 234 Å². The zero-order valence-electron chi connectivity index (χ0n) is 22.5. The number of hydrogen-bond acceptors (Lipinski definition) is 8. The number of hydrogen-bond donors (Lipinski definition) is 3. The molecule has 224 valence electrons. The summed E-state index contributed by atoms with van der Waals surface area (Å²) in [5.41, 5.74) is 6.59. The van der Waals surface area contributed by atoms with Gasteiger partial charge >= 0.3 is 11.9 Å². The van der Waals surface area contributed by atoms with Crippen LogP contribution in [0.4, 0.5) is 13.2 Å². The Morgan fingerprint density at radius 1 is 1.20 bits per heavy atom. The highest BCUT2D eigenvalue weighted by Gasteiger charge is 2.35. The zero-order valence-corrected chi connectivity index (χ0v) is 23.3. The van der Waals surface area contributed by atoms with Gasteiger partial charge in [-0.2, -0.15) is 27.7 Å². The van der Waals surface area contributed by atoms with Gasteiger partial charge in [0.15, 0.2) is 0 Å². The Morgan fingerprint density at radius 2 is 1.93 bits per heavy atom. The molecule has 3 aromatic rings. The first-order chi connectivity index (χ1) is 19.3. The van der Waals surface area contributed by atoms with Crippen molar-refractivity contribution >= 4 is 10.0 Å². The quantitative estimate of drug-likeness (QED) is 0.346. The van der Waals surface area contributed by atoms with Crippen LogP contribution in [0.3, 0.4) is 0 Å². The second kappa shape index (κ2) is 11.3. The molecule has 1 atom stereocenters. The van der Waals surface area contributed by atoms with Crippen molar-refractivity contribution in [1.82, 2.24) is 33.8 Å². The number of benzene rings is 1. The molecule has 2 aliphatic heterocycles. The van der Waals surface area contributed by atoms with Crippen molar-refractivity contribution < 1.29 is 26.7 Å². The van der Waals surface area contributed by atoms with Crippen LogP contribution < -0.4 is 11.4 Å². The molecule has 5 rings (SSSR count). The normalized spacial score (nSPS) is 18.5. The molecule has 0 spiro atoms. The summed E-state index contributed by atoms with van der Waals surface area (Å²) >= 11 is 0. The van der Waals surface area contributed by atoms with Crippen LogP contribution in [0.25, 0.3) is 11.3 Å². The number of halogens is 3. The predicted octanol–water partition coefficient (Wildman–Crippen LogP) is 0.928. The van der Waals surface area contributed by atoms with Gasteiger partial charge in [0.1, 0.15) is 6.33 Å². The van der Waals surface area contributed by atoms with Crippen molar-refractivity contribution in [1.29, 1.82) is 0 Å². The highest BCUT2D eigenvalue weighted by molar-refractivity contribution is 7.88. The number of H-pyrrole nitrogens is 1. The molecule has 0 amide bonds. The number of rotatable bonds is 8. The number of nitrogens with one attached hydrogen (secondary N) is 1. The molecule has 12 nitrogen and oxygen atoms in total. The van der Waals surface area contributed by atoms with E-state index in [0.29, 0.717) is 42.9 Å². The molecule has 16 heteroatoms. The van der Waals surface area contributed by atoms with Gasteiger partial charge in [-0.3, -0.25) is 9.25 Å². The number of aromatic amines is 1. The fourth-order valence-electron chi connectivity index (χ4n) is 5.77. The van der Waals surface area contributed by atoms with Crippen molar-refractivity contribution in [2.75, 3.05) is 32.4 Å². The van der Waals surface area contributed by atoms with Crippen LogP contribution in [0, 0.1) is 0 Å². The summed E-state index contributed by atoms with van der Waals surface area (Å²) in [5.74, 6) is 0. The standard InChI is InChI=1S/C25H33F3N8O4S/c1-41(39,40)34-9-6-22-20(14-34)23(16-2-3-21(25(26,27)28)17(10-16)11-29)32-36(22)13-19(37)12-33-7-4-18(5-8-33)35-15-30-31-24(35)38/h2-3,10,15,18-19,37H,4-9,11-14,29H2,1H3,(H,31,38). The first-order valence-electron chi connectivity index (χ1n) is 13.3. The molecule has 4 heterocycles. The van der Waals surface area contributed by atoms with E-state index in [-0.39, 0.29) is 43.5 Å². The molecule has 2 aromatic heterocycles. The molecule has 1 unspecified atom stereocenters. The van der Waals surface area contributed by atoms with Crippen LogP contribution in [-0.4, -0.2) is 85.8 Å². The van der Waals surface area contributed by atoms with Gasteiger partial charge in [-0.15, -0.1) is 0 Å². The lowest BCUT2D eigenvalue weighted by molar-refractivity contribution is -0.138. The van der Waals surface area contributed by atoms with Gasteiger partial charge in [0.05, 0.1) is 30.2 Å². The Bertz CT molecular complexity index is 1560. The Hall–Kier alpha value is -3.05. The van der Waals surface area contributed by atoms with Gasteiger partial charge < -0.3 is 15.7 Å². The van der Waals surface area contributed by atoms with Gasteiger partial charge in [-0.05, 0) is 30.5 Å². The largest absolute Gasteiger partial charge is 0.416 e. The van der Waals surface area contributed by atoms with E-state index in [9.17, 15) is 31.5 Å². The highest BCUT2D eigenvalue weighted by Crippen LogP contribution is 2.36. The van der Waals surface area contributed by atoms with E-state index in [1.807, 2.05) is 0 Å². The number of fused-ring (bicyclic) bond motifs is 1. The number of nitrogens with zero attached hydrogens (tertiary/aromatic N) is 6. The van der Waals surface area contributed by atoms with E-state index in [2.05, 4.69) is 20.2 Å². The molecule has 0 aliphatic carbocycles. The van der Waals surface area contributed by atoms with Gasteiger partial charge in [0.2, 0.25) is 10.0 Å². The molecular formula is C25H33F3N8O4S. The first-order valence-corrected chi connectivity index (χ1v) is 15.2. The second-order valence-electron chi connectivity index (χ2n) is 10.6. The summed E-state index contributed by atoms with van der Waals surface area (Å²) in [6.45, 7) is 1.79. The monoisotopic (exact) mass is 598 g/mol. The molecule has 4 N–H and O–H groups in total. The van der Waals surface area contributed by atoms with E-state index in [4.69, 9.17) is 5.73 Å². The van der Waals surface area contributed by atoms with Gasteiger partial charge in [0.25, 0.3) is 0 Å². The van der Waals surface area contributed by atoms with Crippen molar-refractivity contribution in [2.24, 2.45) is 5.73 Å². The van der Waals surface area contributed by atoms with E-state index in [1.54, 1.807) is 9.25 Å². The average Bonchev–Trinajstić information content (AvgIpc) is 3.50. The van der Waals surface area contributed by atoms with E-state index >= 15 is 0 Å². The molecule has 1 aromatic carbocycles. The smallest absolute Gasteiger partial charge is 0.390 e. The SMILES string of the molecule is CS(=O)(=O)N1CCc2c(c(-c3ccc(C(F)(F)F)c(CN)c3)nn2CC(O)CN2CCC(n3cn[nH]c3=O)CC2)C1. The van der Waals surface area contributed by atoms with E-state index in [1.165, 1.54) is 22.8 Å². The fraction of sp³-hybridized carbons (Fsp3) is 0.560. The maximum absolute atomic E-state index is 13.5. The summed E-state index contributed by atoms with van der Waals surface area (Å²) in [5, 5.41) is 21.9. The highest BCUT2D eigenvalue weighted by atomic mass is 32.2. The minimum absolute atomic E-state index is 0.0273. The fourth-order valence-corrected chi connectivity index (χ4v) is 6.56. The third-order valence-electron chi connectivity index (χ3n) is 7.85. The lowest BCUT2D eigenvalue weighted by atomic mass is 9.97. The number of sulfonamides is 1. The average molecular weight is 599 g/mol. The van der Waals surface area contributed by atoms with Crippen LogP contribution >= 0.6 is 0 Å². The molecule has 1 saturated heterocycles. The zero-order chi connectivity index (χ0) is 29.5. The van der Waals surface area contributed by atoms with Crippen LogP contribution in [0.15, 0.2) is 29.3 Å². The lowest BCUT2D eigenvalue weighted by Gasteiger charge is -2.33. The number of aliphatic hydroxyl groups excluding tert-OH is 1. The Kier molecular flexibility index (Phi) is 8.13. The number of aliphatic hydroxyl groups is 1. The van der Waals surface area contributed by atoms with Crippen LogP contribution in [0.5, 0.6) is 0 Å². The van der Waals surface area contributed by atoms with Crippen LogP contribution in [0.1, 0.15) is 41.3 Å². The van der Waals surface area contributed by atoms with Crippen LogP contribution in [0.2, 0.25) is 0 Å². The summed E-state index contributed by atoms with van der Waals surface area (Å²) in [6.07, 6.45) is -0.960. The van der Waals surface area contributed by atoms with E-state index in [0.717, 1.165) is 30.9 Å². The molecule has 41 heavy (non-hydrogen) atoms. The van der Waals surface area contributed by atoms with Gasteiger partial charge in [-0.1, -0.05) is 6.07 Å². The lowest BCUT2D eigenvalue weighted by Crippen LogP contribution is -2.42. The minimum atomic E-state index is -4.56. The van der Waals surface area contributed by atoms with Crippen molar-refractivity contribution in [3.63, 3.8) is 0 Å². The first kappa shape index (κ1) is 29.4. The van der Waals surface area contributed by atoms with Crippen molar-refractivity contribution in [2.45, 2.75) is 57.2 Å². The maximum Gasteiger partial charge on any atom is 0.416 e. The summed E-state index contributed by atoms with van der Waals surface area (Å²) in [6, 6.07) is 3.67. The number of alkyl halides is 3. The summed E-state index contributed by atoms with van der Waals surface area (Å²) in [7, 11) is -3.52. The van der Waals surface area contributed by atoms with Gasteiger partial charge in [0, 0.05) is 68.6 Å². The third-order valence-corrected chi connectivity index (χ3v) is 9.10. The number of β-amino-alcohol motifs (C(OH)–C–C–N with tert-alkyl or cyclic N) is 1. The molecule has 0 radical (unpaired) electrons. The van der Waals surface area contributed by atoms with Crippen molar-refractivity contribution in [3.05, 3.63) is 57.4 Å². The molecular weight excluding hydrogens is 565 g/mol. The number of nitrogens with two attached hydrogens (primary N) is 1. The van der Waals surface area contributed by atoms with E-state index < -0.39 is 27.9 Å². The Balaban J connectivity index is 1.37. The predicted molar refractivity (Wildman–Crippen MR) is 143 cm³/mol. The molecule has 1 fully saturated rings. The topological polar surface area (TPSA) is 155 Å². The third kappa shape index (κ3) is 6.25. The minimum Gasteiger partial charge on any atom is -0.390 e. The van der Waals surface area contributed by atoms with Crippen molar-refractivity contribution in [3.8, 4) is 11.3 Å². The molecule has 0 saturated carbocycles. The van der Waals surface area contributed by atoms with Gasteiger partial charge in [-0.25, -0.2) is 18.3 Å². The maximum atomic E-state index is 13.5. The molecule has 2 aliphatic rings.